The standard InChI is InChI=1S/C15H20FN/c1-15(17,12-4-2-3-5-14(12)16)13-9-10-6-7-11(13)8-10/h2-5,10-11,13H,6-9,17H2,1H3. The van der Waals surface area contributed by atoms with Gasteiger partial charge in [0.2, 0.25) is 0 Å². The Morgan fingerprint density at radius 3 is 2.59 bits per heavy atom. The van der Waals surface area contributed by atoms with Crippen molar-refractivity contribution in [3.63, 3.8) is 0 Å². The minimum Gasteiger partial charge on any atom is -0.321 e. The molecular formula is C15H20FN. The van der Waals surface area contributed by atoms with Crippen molar-refractivity contribution in [2.24, 2.45) is 23.5 Å². The van der Waals surface area contributed by atoms with Crippen LogP contribution in [0.15, 0.2) is 24.3 Å². The molecule has 3 rings (SSSR count). The van der Waals surface area contributed by atoms with E-state index in [1.807, 2.05) is 19.1 Å². The molecule has 4 atom stereocenters. The zero-order chi connectivity index (χ0) is 12.0. The van der Waals surface area contributed by atoms with Gasteiger partial charge >= 0.3 is 0 Å². The number of fused-ring (bicyclic) bond motifs is 2. The van der Waals surface area contributed by atoms with E-state index in [-0.39, 0.29) is 5.82 Å². The van der Waals surface area contributed by atoms with Crippen LogP contribution in [0.4, 0.5) is 4.39 Å². The van der Waals surface area contributed by atoms with Crippen molar-refractivity contribution >= 4 is 0 Å². The minimum absolute atomic E-state index is 0.153. The maximum absolute atomic E-state index is 13.9. The first kappa shape index (κ1) is 11.2. The van der Waals surface area contributed by atoms with Gasteiger partial charge in [-0.05, 0) is 50.0 Å². The quantitative estimate of drug-likeness (QED) is 0.832. The third kappa shape index (κ3) is 1.70. The summed E-state index contributed by atoms with van der Waals surface area (Å²) in [4.78, 5) is 0. The molecule has 1 aromatic rings. The second-order valence-corrected chi connectivity index (χ2v) is 6.04. The van der Waals surface area contributed by atoms with Gasteiger partial charge in [0, 0.05) is 11.1 Å². The van der Waals surface area contributed by atoms with Crippen LogP contribution in [0.3, 0.4) is 0 Å². The summed E-state index contributed by atoms with van der Waals surface area (Å²) in [6.07, 6.45) is 5.14. The van der Waals surface area contributed by atoms with Crippen molar-refractivity contribution < 1.29 is 4.39 Å². The molecule has 2 saturated carbocycles. The molecule has 1 nitrogen and oxygen atoms in total. The molecule has 0 saturated heterocycles. The van der Waals surface area contributed by atoms with Crippen LogP contribution in [0.1, 0.15) is 38.2 Å². The molecular weight excluding hydrogens is 213 g/mol. The predicted octanol–water partition coefficient (Wildman–Crippen LogP) is 3.44. The van der Waals surface area contributed by atoms with E-state index < -0.39 is 5.54 Å². The maximum Gasteiger partial charge on any atom is 0.128 e. The van der Waals surface area contributed by atoms with E-state index in [9.17, 15) is 4.39 Å². The fourth-order valence-electron chi connectivity index (χ4n) is 4.08. The number of halogens is 1. The normalized spacial score (nSPS) is 34.9. The average molecular weight is 233 g/mol. The molecule has 2 heteroatoms. The molecule has 2 bridgehead atoms. The van der Waals surface area contributed by atoms with E-state index in [2.05, 4.69) is 0 Å². The van der Waals surface area contributed by atoms with E-state index in [4.69, 9.17) is 5.73 Å². The fraction of sp³-hybridized carbons (Fsp3) is 0.600. The second kappa shape index (κ2) is 3.81. The zero-order valence-corrected chi connectivity index (χ0v) is 10.3. The molecule has 2 aliphatic rings. The van der Waals surface area contributed by atoms with E-state index in [1.54, 1.807) is 6.07 Å². The van der Waals surface area contributed by atoms with E-state index >= 15 is 0 Å². The van der Waals surface area contributed by atoms with Crippen molar-refractivity contribution in [3.05, 3.63) is 35.6 Å². The highest BCUT2D eigenvalue weighted by molar-refractivity contribution is 5.27. The van der Waals surface area contributed by atoms with Gasteiger partial charge in [0.05, 0.1) is 0 Å². The van der Waals surface area contributed by atoms with Gasteiger partial charge in [-0.15, -0.1) is 0 Å². The summed E-state index contributed by atoms with van der Waals surface area (Å²) in [6, 6.07) is 6.99. The number of hydrogen-bond acceptors (Lipinski definition) is 1. The lowest BCUT2D eigenvalue weighted by molar-refractivity contribution is 0.199. The lowest BCUT2D eigenvalue weighted by Gasteiger charge is -2.37. The summed E-state index contributed by atoms with van der Waals surface area (Å²) in [5, 5.41) is 0. The monoisotopic (exact) mass is 233 g/mol. The largest absolute Gasteiger partial charge is 0.321 e. The van der Waals surface area contributed by atoms with E-state index in [1.165, 1.54) is 31.7 Å². The Kier molecular flexibility index (Phi) is 2.51. The fourth-order valence-corrected chi connectivity index (χ4v) is 4.08. The van der Waals surface area contributed by atoms with Crippen LogP contribution >= 0.6 is 0 Å². The zero-order valence-electron chi connectivity index (χ0n) is 10.3. The van der Waals surface area contributed by atoms with Gasteiger partial charge < -0.3 is 5.73 Å². The molecule has 0 radical (unpaired) electrons. The molecule has 17 heavy (non-hydrogen) atoms. The summed E-state index contributed by atoms with van der Waals surface area (Å²) in [5.41, 5.74) is 6.67. The van der Waals surface area contributed by atoms with Crippen LogP contribution < -0.4 is 5.73 Å². The van der Waals surface area contributed by atoms with Gasteiger partial charge in [0.1, 0.15) is 5.82 Å². The van der Waals surface area contributed by atoms with Crippen LogP contribution in [-0.4, -0.2) is 0 Å². The van der Waals surface area contributed by atoms with Gasteiger partial charge in [-0.2, -0.15) is 0 Å². The Morgan fingerprint density at radius 2 is 2.00 bits per heavy atom. The summed E-state index contributed by atoms with van der Waals surface area (Å²) >= 11 is 0. The number of rotatable bonds is 2. The average Bonchev–Trinajstić information content (AvgIpc) is 2.91. The lowest BCUT2D eigenvalue weighted by atomic mass is 9.72. The molecule has 4 unspecified atom stereocenters. The van der Waals surface area contributed by atoms with Gasteiger partial charge in [-0.1, -0.05) is 24.6 Å². The van der Waals surface area contributed by atoms with Crippen molar-refractivity contribution in [3.8, 4) is 0 Å². The predicted molar refractivity (Wildman–Crippen MR) is 66.9 cm³/mol. The molecule has 2 fully saturated rings. The van der Waals surface area contributed by atoms with Gasteiger partial charge in [-0.25, -0.2) is 4.39 Å². The molecule has 1 aromatic carbocycles. The van der Waals surface area contributed by atoms with Gasteiger partial charge in [0.15, 0.2) is 0 Å². The lowest BCUT2D eigenvalue weighted by Crippen LogP contribution is -2.44. The Labute approximate surface area is 102 Å². The van der Waals surface area contributed by atoms with Crippen LogP contribution in [0.25, 0.3) is 0 Å². The molecule has 92 valence electrons. The van der Waals surface area contributed by atoms with Crippen LogP contribution in [0.5, 0.6) is 0 Å². The topological polar surface area (TPSA) is 26.0 Å². The highest BCUT2D eigenvalue weighted by Crippen LogP contribution is 2.53. The third-order valence-corrected chi connectivity index (χ3v) is 4.96. The van der Waals surface area contributed by atoms with E-state index in [0.29, 0.717) is 11.5 Å². The van der Waals surface area contributed by atoms with Crippen LogP contribution in [0, 0.1) is 23.6 Å². The molecule has 0 heterocycles. The van der Waals surface area contributed by atoms with Crippen molar-refractivity contribution in [2.45, 2.75) is 38.1 Å². The second-order valence-electron chi connectivity index (χ2n) is 6.04. The maximum atomic E-state index is 13.9. The first-order chi connectivity index (χ1) is 8.09. The van der Waals surface area contributed by atoms with Crippen LogP contribution in [-0.2, 0) is 5.54 Å². The van der Waals surface area contributed by atoms with Gasteiger partial charge in [-0.3, -0.25) is 0 Å². The van der Waals surface area contributed by atoms with Crippen molar-refractivity contribution in [2.75, 3.05) is 0 Å². The Morgan fingerprint density at radius 1 is 1.24 bits per heavy atom. The highest BCUT2D eigenvalue weighted by atomic mass is 19.1. The molecule has 0 spiro atoms. The summed E-state index contributed by atoms with van der Waals surface area (Å²) in [7, 11) is 0. The molecule has 2 N–H and O–H groups in total. The van der Waals surface area contributed by atoms with E-state index in [0.717, 1.165) is 11.8 Å². The SMILES string of the molecule is CC(N)(c1ccccc1F)C1CC2CCC1C2. The smallest absolute Gasteiger partial charge is 0.128 e. The molecule has 0 aromatic heterocycles. The summed E-state index contributed by atoms with van der Waals surface area (Å²) in [6.45, 7) is 2.01. The number of benzene rings is 1. The minimum atomic E-state index is -0.509. The van der Waals surface area contributed by atoms with Crippen molar-refractivity contribution in [1.82, 2.24) is 0 Å². The molecule has 0 amide bonds. The first-order valence-corrected chi connectivity index (χ1v) is 6.63. The molecule has 0 aliphatic heterocycles. The highest BCUT2D eigenvalue weighted by Gasteiger charge is 2.47. The van der Waals surface area contributed by atoms with Gasteiger partial charge in [0.25, 0.3) is 0 Å². The van der Waals surface area contributed by atoms with Crippen molar-refractivity contribution in [1.29, 1.82) is 0 Å². The Hall–Kier alpha value is -0.890. The Bertz CT molecular complexity index is 427. The third-order valence-electron chi connectivity index (χ3n) is 4.96. The summed E-state index contributed by atoms with van der Waals surface area (Å²) < 4.78 is 13.9. The number of hydrogen-bond donors (Lipinski definition) is 1. The first-order valence-electron chi connectivity index (χ1n) is 6.63. The summed E-state index contributed by atoms with van der Waals surface area (Å²) in [5.74, 6) is 1.87. The Balaban J connectivity index is 1.93. The van der Waals surface area contributed by atoms with Crippen LogP contribution in [0.2, 0.25) is 0 Å². The molecule has 2 aliphatic carbocycles. The number of nitrogens with two attached hydrogens (primary N) is 1.